The maximum absolute atomic E-state index is 12.6. The van der Waals surface area contributed by atoms with Crippen molar-refractivity contribution in [1.29, 1.82) is 0 Å². The first kappa shape index (κ1) is 15.4. The zero-order chi connectivity index (χ0) is 16.4. The van der Waals surface area contributed by atoms with Gasteiger partial charge in [-0.1, -0.05) is 18.2 Å². The van der Waals surface area contributed by atoms with Crippen LogP contribution in [0.5, 0.6) is 17.2 Å². The topological polar surface area (TPSA) is 65.0 Å². The van der Waals surface area contributed by atoms with Crippen LogP contribution >= 0.6 is 0 Å². The van der Waals surface area contributed by atoms with Gasteiger partial charge < -0.3 is 19.3 Å². The number of rotatable bonds is 4. The molecule has 0 radical (unpaired) electrons. The predicted octanol–water partition coefficient (Wildman–Crippen LogP) is 2.25. The normalized spacial score (nSPS) is 19.7. The molecule has 1 atom stereocenters. The Labute approximate surface area is 134 Å². The fourth-order valence-electron chi connectivity index (χ4n) is 2.75. The second kappa shape index (κ2) is 5.93. The summed E-state index contributed by atoms with van der Waals surface area (Å²) in [4.78, 5) is 12.6. The molecular formula is C18H18O5. The molecule has 0 saturated heterocycles. The highest BCUT2D eigenvalue weighted by atomic mass is 16.5. The number of hydrogen-bond donors (Lipinski definition) is 1. The highest BCUT2D eigenvalue weighted by molar-refractivity contribution is 6.05. The molecule has 0 saturated carbocycles. The van der Waals surface area contributed by atoms with Crippen LogP contribution in [0.15, 0.2) is 42.5 Å². The van der Waals surface area contributed by atoms with E-state index in [1.165, 1.54) is 0 Å². The van der Waals surface area contributed by atoms with Crippen LogP contribution in [0, 0.1) is 0 Å². The predicted molar refractivity (Wildman–Crippen MR) is 84.5 cm³/mol. The SMILES string of the molecule is COc1ccc(CC2(O)COc3ccccc3C2=O)cc1OC. The van der Waals surface area contributed by atoms with E-state index in [-0.39, 0.29) is 18.8 Å². The molecular weight excluding hydrogens is 296 g/mol. The van der Waals surface area contributed by atoms with E-state index in [1.807, 2.05) is 0 Å². The summed E-state index contributed by atoms with van der Waals surface area (Å²) in [5.41, 5.74) is -0.420. The summed E-state index contributed by atoms with van der Waals surface area (Å²) in [7, 11) is 3.10. The fourth-order valence-corrected chi connectivity index (χ4v) is 2.75. The first-order valence-electron chi connectivity index (χ1n) is 7.27. The first-order valence-corrected chi connectivity index (χ1v) is 7.27. The molecule has 0 amide bonds. The lowest BCUT2D eigenvalue weighted by molar-refractivity contribution is -0.00195. The van der Waals surface area contributed by atoms with E-state index in [1.54, 1.807) is 56.7 Å². The third kappa shape index (κ3) is 2.75. The quantitative estimate of drug-likeness (QED) is 0.937. The largest absolute Gasteiger partial charge is 0.493 e. The standard InChI is InChI=1S/C18H18O5/c1-21-15-8-7-12(9-16(15)22-2)10-18(20)11-23-14-6-4-3-5-13(14)17(18)19/h3-9,20H,10-11H2,1-2H3. The summed E-state index contributed by atoms with van der Waals surface area (Å²) in [5.74, 6) is 1.33. The zero-order valence-corrected chi connectivity index (χ0v) is 13.0. The Morgan fingerprint density at radius 3 is 2.61 bits per heavy atom. The van der Waals surface area contributed by atoms with Gasteiger partial charge in [-0.3, -0.25) is 4.79 Å². The van der Waals surface area contributed by atoms with Crippen LogP contribution in [0.3, 0.4) is 0 Å². The average Bonchev–Trinajstić information content (AvgIpc) is 2.58. The molecule has 0 aliphatic carbocycles. The Balaban J connectivity index is 1.89. The Hall–Kier alpha value is -2.53. The third-order valence-corrected chi connectivity index (χ3v) is 3.97. The lowest BCUT2D eigenvalue weighted by Crippen LogP contribution is -2.49. The van der Waals surface area contributed by atoms with Crippen LogP contribution in [0.25, 0.3) is 0 Å². The van der Waals surface area contributed by atoms with Gasteiger partial charge in [-0.25, -0.2) is 0 Å². The maximum Gasteiger partial charge on any atom is 0.201 e. The van der Waals surface area contributed by atoms with E-state index in [0.717, 1.165) is 5.56 Å². The molecule has 1 aliphatic rings. The molecule has 0 fully saturated rings. The Kier molecular flexibility index (Phi) is 3.96. The molecule has 2 aromatic rings. The van der Waals surface area contributed by atoms with Gasteiger partial charge in [-0.2, -0.15) is 0 Å². The number of para-hydroxylation sites is 1. The summed E-state index contributed by atoms with van der Waals surface area (Å²) in [6.07, 6.45) is 0.139. The van der Waals surface area contributed by atoms with Gasteiger partial charge in [0.2, 0.25) is 5.78 Å². The van der Waals surface area contributed by atoms with Gasteiger partial charge in [0.15, 0.2) is 17.1 Å². The van der Waals surface area contributed by atoms with Crippen molar-refractivity contribution in [3.8, 4) is 17.2 Å². The minimum absolute atomic E-state index is 0.0722. The van der Waals surface area contributed by atoms with Gasteiger partial charge >= 0.3 is 0 Å². The molecule has 23 heavy (non-hydrogen) atoms. The second-order valence-corrected chi connectivity index (χ2v) is 5.51. The van der Waals surface area contributed by atoms with Crippen molar-refractivity contribution >= 4 is 5.78 Å². The van der Waals surface area contributed by atoms with Gasteiger partial charge in [0.25, 0.3) is 0 Å². The number of ether oxygens (including phenoxy) is 3. The number of ketones is 1. The Morgan fingerprint density at radius 1 is 1.13 bits per heavy atom. The van der Waals surface area contributed by atoms with Crippen molar-refractivity contribution in [2.45, 2.75) is 12.0 Å². The lowest BCUT2D eigenvalue weighted by atomic mass is 9.85. The number of carbonyl (C=O) groups is 1. The van der Waals surface area contributed by atoms with E-state index in [0.29, 0.717) is 22.8 Å². The number of benzene rings is 2. The highest BCUT2D eigenvalue weighted by Crippen LogP contribution is 2.33. The number of aliphatic hydroxyl groups is 1. The summed E-state index contributed by atoms with van der Waals surface area (Å²) >= 11 is 0. The number of Topliss-reactive ketones (excluding diaryl/α,β-unsaturated/α-hetero) is 1. The number of hydrogen-bond acceptors (Lipinski definition) is 5. The van der Waals surface area contributed by atoms with Gasteiger partial charge in [-0.15, -0.1) is 0 Å². The van der Waals surface area contributed by atoms with E-state index >= 15 is 0 Å². The van der Waals surface area contributed by atoms with Crippen molar-refractivity contribution in [1.82, 2.24) is 0 Å². The maximum atomic E-state index is 12.6. The van der Waals surface area contributed by atoms with E-state index < -0.39 is 5.60 Å². The molecule has 1 aliphatic heterocycles. The third-order valence-electron chi connectivity index (χ3n) is 3.97. The van der Waals surface area contributed by atoms with Crippen LogP contribution in [0.2, 0.25) is 0 Å². The van der Waals surface area contributed by atoms with Gasteiger partial charge in [0.1, 0.15) is 12.4 Å². The molecule has 1 N–H and O–H groups in total. The van der Waals surface area contributed by atoms with Crippen molar-refractivity contribution < 1.29 is 24.1 Å². The number of fused-ring (bicyclic) bond motifs is 1. The van der Waals surface area contributed by atoms with Crippen molar-refractivity contribution in [3.05, 3.63) is 53.6 Å². The summed E-state index contributed by atoms with van der Waals surface area (Å²) < 4.78 is 16.0. The molecule has 0 spiro atoms. The van der Waals surface area contributed by atoms with E-state index in [2.05, 4.69) is 0 Å². The van der Waals surface area contributed by atoms with E-state index in [4.69, 9.17) is 14.2 Å². The molecule has 2 aromatic carbocycles. The minimum Gasteiger partial charge on any atom is -0.493 e. The van der Waals surface area contributed by atoms with Crippen LogP contribution < -0.4 is 14.2 Å². The molecule has 1 unspecified atom stereocenters. The zero-order valence-electron chi connectivity index (χ0n) is 13.0. The first-order chi connectivity index (χ1) is 11.1. The molecule has 3 rings (SSSR count). The van der Waals surface area contributed by atoms with Crippen molar-refractivity contribution in [2.24, 2.45) is 0 Å². The second-order valence-electron chi connectivity index (χ2n) is 5.51. The molecule has 5 heteroatoms. The van der Waals surface area contributed by atoms with Crippen LogP contribution in [0.4, 0.5) is 0 Å². The van der Waals surface area contributed by atoms with E-state index in [9.17, 15) is 9.90 Å². The minimum atomic E-state index is -1.59. The summed E-state index contributed by atoms with van der Waals surface area (Å²) in [6.45, 7) is -0.0722. The van der Waals surface area contributed by atoms with Crippen molar-refractivity contribution in [2.75, 3.05) is 20.8 Å². The monoisotopic (exact) mass is 314 g/mol. The molecule has 120 valence electrons. The van der Waals surface area contributed by atoms with Crippen LogP contribution in [-0.4, -0.2) is 37.3 Å². The van der Waals surface area contributed by atoms with Crippen molar-refractivity contribution in [3.63, 3.8) is 0 Å². The number of methoxy groups -OCH3 is 2. The summed E-state index contributed by atoms with van der Waals surface area (Å²) in [6, 6.07) is 12.2. The Morgan fingerprint density at radius 2 is 1.87 bits per heavy atom. The molecule has 0 aromatic heterocycles. The summed E-state index contributed by atoms with van der Waals surface area (Å²) in [5, 5.41) is 10.8. The molecule has 1 heterocycles. The highest BCUT2D eigenvalue weighted by Gasteiger charge is 2.42. The lowest BCUT2D eigenvalue weighted by Gasteiger charge is -2.32. The Bertz CT molecular complexity index is 740. The molecule has 5 nitrogen and oxygen atoms in total. The average molecular weight is 314 g/mol. The van der Waals surface area contributed by atoms with Crippen LogP contribution in [-0.2, 0) is 6.42 Å². The molecule has 0 bridgehead atoms. The smallest absolute Gasteiger partial charge is 0.201 e. The van der Waals surface area contributed by atoms with Gasteiger partial charge in [0.05, 0.1) is 19.8 Å². The van der Waals surface area contributed by atoms with Gasteiger partial charge in [-0.05, 0) is 29.8 Å². The number of carbonyl (C=O) groups excluding carboxylic acids is 1. The van der Waals surface area contributed by atoms with Gasteiger partial charge in [0, 0.05) is 6.42 Å². The fraction of sp³-hybridized carbons (Fsp3) is 0.278. The van der Waals surface area contributed by atoms with Crippen LogP contribution in [0.1, 0.15) is 15.9 Å².